The third-order valence-corrected chi connectivity index (χ3v) is 4.29. The number of nitrogens with one attached hydrogen (secondary N) is 1. The second kappa shape index (κ2) is 5.51. The summed E-state index contributed by atoms with van der Waals surface area (Å²) in [7, 11) is 2.20. The molecule has 2 aromatic rings. The molecule has 19 heavy (non-hydrogen) atoms. The second-order valence-electron chi connectivity index (χ2n) is 5.45. The van der Waals surface area contributed by atoms with Gasteiger partial charge in [0.05, 0.1) is 0 Å². The molecule has 1 fully saturated rings. The maximum absolute atomic E-state index is 3.66. The smallest absolute Gasteiger partial charge is 0.0388 e. The van der Waals surface area contributed by atoms with E-state index < -0.39 is 0 Å². The van der Waals surface area contributed by atoms with Gasteiger partial charge in [-0.25, -0.2) is 0 Å². The van der Waals surface area contributed by atoms with Crippen molar-refractivity contribution in [1.82, 2.24) is 4.90 Å². The second-order valence-corrected chi connectivity index (χ2v) is 6.37. The molecule has 3 heteroatoms. The number of benzene rings is 2. The van der Waals surface area contributed by atoms with Crippen molar-refractivity contribution >= 4 is 32.4 Å². The van der Waals surface area contributed by atoms with E-state index in [1.165, 1.54) is 35.8 Å². The molecule has 2 aromatic carbocycles. The molecule has 1 N–H and O–H groups in total. The number of hydrogen-bond acceptors (Lipinski definition) is 2. The highest BCUT2D eigenvalue weighted by atomic mass is 79.9. The first-order valence-corrected chi connectivity index (χ1v) is 7.64. The SMILES string of the molecule is CN1CCCC(Nc2ccc3cc(Br)ccc3c2)C1. The lowest BCUT2D eigenvalue weighted by Gasteiger charge is -2.31. The highest BCUT2D eigenvalue weighted by molar-refractivity contribution is 9.10. The molecule has 100 valence electrons. The van der Waals surface area contributed by atoms with Gasteiger partial charge in [0.15, 0.2) is 0 Å². The first-order chi connectivity index (χ1) is 9.20. The summed E-state index contributed by atoms with van der Waals surface area (Å²) < 4.78 is 1.13. The van der Waals surface area contributed by atoms with E-state index in [2.05, 4.69) is 69.6 Å². The van der Waals surface area contributed by atoms with Gasteiger partial charge in [-0.2, -0.15) is 0 Å². The van der Waals surface area contributed by atoms with Crippen LogP contribution < -0.4 is 5.32 Å². The van der Waals surface area contributed by atoms with Gasteiger partial charge in [0.1, 0.15) is 0 Å². The normalized spacial score (nSPS) is 20.6. The molecule has 0 spiro atoms. The lowest BCUT2D eigenvalue weighted by Crippen LogP contribution is -2.39. The highest BCUT2D eigenvalue weighted by Crippen LogP contribution is 2.24. The Hall–Kier alpha value is -1.06. The maximum atomic E-state index is 3.66. The lowest BCUT2D eigenvalue weighted by molar-refractivity contribution is 0.261. The predicted molar refractivity (Wildman–Crippen MR) is 85.8 cm³/mol. The summed E-state index contributed by atoms with van der Waals surface area (Å²) in [4.78, 5) is 2.40. The van der Waals surface area contributed by atoms with Crippen LogP contribution in [0.15, 0.2) is 40.9 Å². The molecule has 0 aromatic heterocycles. The van der Waals surface area contributed by atoms with Crippen molar-refractivity contribution in [3.05, 3.63) is 40.9 Å². The van der Waals surface area contributed by atoms with Crippen LogP contribution in [0.3, 0.4) is 0 Å². The number of fused-ring (bicyclic) bond motifs is 1. The molecule has 1 atom stereocenters. The summed E-state index contributed by atoms with van der Waals surface area (Å²) in [6, 6.07) is 13.6. The summed E-state index contributed by atoms with van der Waals surface area (Å²) in [5.74, 6) is 0. The largest absolute Gasteiger partial charge is 0.381 e. The average molecular weight is 319 g/mol. The maximum Gasteiger partial charge on any atom is 0.0388 e. The van der Waals surface area contributed by atoms with Crippen LogP contribution in [0.5, 0.6) is 0 Å². The molecule has 1 aliphatic heterocycles. The van der Waals surface area contributed by atoms with Gasteiger partial charge in [-0.3, -0.25) is 0 Å². The Balaban J connectivity index is 1.79. The first-order valence-electron chi connectivity index (χ1n) is 6.85. The molecule has 2 nitrogen and oxygen atoms in total. The molecule has 0 aliphatic carbocycles. The van der Waals surface area contributed by atoms with Crippen LogP contribution >= 0.6 is 15.9 Å². The molecule has 0 amide bonds. The van der Waals surface area contributed by atoms with Crippen LogP contribution in [0, 0.1) is 0 Å². The van der Waals surface area contributed by atoms with Crippen LogP contribution in [0.1, 0.15) is 12.8 Å². The van der Waals surface area contributed by atoms with E-state index in [4.69, 9.17) is 0 Å². The fraction of sp³-hybridized carbons (Fsp3) is 0.375. The van der Waals surface area contributed by atoms with Crippen molar-refractivity contribution in [2.45, 2.75) is 18.9 Å². The van der Waals surface area contributed by atoms with Crippen molar-refractivity contribution in [2.75, 3.05) is 25.5 Å². The monoisotopic (exact) mass is 318 g/mol. The minimum atomic E-state index is 0.576. The van der Waals surface area contributed by atoms with Gasteiger partial charge in [0.2, 0.25) is 0 Å². The number of anilines is 1. The molecular weight excluding hydrogens is 300 g/mol. The molecule has 3 rings (SSSR count). The minimum Gasteiger partial charge on any atom is -0.381 e. The van der Waals surface area contributed by atoms with Gasteiger partial charge < -0.3 is 10.2 Å². The average Bonchev–Trinajstić information content (AvgIpc) is 2.39. The lowest BCUT2D eigenvalue weighted by atomic mass is 10.1. The van der Waals surface area contributed by atoms with Gasteiger partial charge in [-0.1, -0.05) is 28.1 Å². The minimum absolute atomic E-state index is 0.576. The zero-order chi connectivity index (χ0) is 13.2. The first kappa shape index (κ1) is 12.9. The van der Waals surface area contributed by atoms with E-state index in [9.17, 15) is 0 Å². The van der Waals surface area contributed by atoms with Gasteiger partial charge in [0, 0.05) is 22.7 Å². The Bertz CT molecular complexity index is 582. The molecule has 1 saturated heterocycles. The Morgan fingerprint density at radius 1 is 1.16 bits per heavy atom. The summed E-state index contributed by atoms with van der Waals surface area (Å²) in [6.07, 6.45) is 2.55. The molecule has 0 radical (unpaired) electrons. The summed E-state index contributed by atoms with van der Waals surface area (Å²) in [5, 5.41) is 6.23. The zero-order valence-electron chi connectivity index (χ0n) is 11.2. The van der Waals surface area contributed by atoms with Crippen LogP contribution in [0.4, 0.5) is 5.69 Å². The van der Waals surface area contributed by atoms with E-state index in [1.807, 2.05) is 0 Å². The third kappa shape index (κ3) is 3.10. The van der Waals surface area contributed by atoms with E-state index in [0.29, 0.717) is 6.04 Å². The van der Waals surface area contributed by atoms with E-state index in [-0.39, 0.29) is 0 Å². The van der Waals surface area contributed by atoms with E-state index >= 15 is 0 Å². The van der Waals surface area contributed by atoms with Gasteiger partial charge >= 0.3 is 0 Å². The Kier molecular flexibility index (Phi) is 3.76. The zero-order valence-corrected chi connectivity index (χ0v) is 12.8. The van der Waals surface area contributed by atoms with Crippen molar-refractivity contribution in [1.29, 1.82) is 0 Å². The van der Waals surface area contributed by atoms with Crippen LogP contribution in [0.25, 0.3) is 10.8 Å². The fourth-order valence-electron chi connectivity index (χ4n) is 2.83. The number of nitrogens with zero attached hydrogens (tertiary/aromatic N) is 1. The number of piperidine rings is 1. The topological polar surface area (TPSA) is 15.3 Å². The number of hydrogen-bond donors (Lipinski definition) is 1. The molecule has 1 aliphatic rings. The van der Waals surface area contributed by atoms with Crippen molar-refractivity contribution in [3.8, 4) is 0 Å². The number of likely N-dealkylation sites (N-methyl/N-ethyl adjacent to an activating group) is 1. The summed E-state index contributed by atoms with van der Waals surface area (Å²) in [6.45, 7) is 2.36. The fourth-order valence-corrected chi connectivity index (χ4v) is 3.21. The molecule has 0 saturated carbocycles. The highest BCUT2D eigenvalue weighted by Gasteiger charge is 2.16. The van der Waals surface area contributed by atoms with Crippen LogP contribution in [0.2, 0.25) is 0 Å². The standard InChI is InChI=1S/C16H19BrN2/c1-19-8-2-3-16(11-19)18-15-7-5-12-9-14(17)6-4-13(12)10-15/h4-7,9-10,16,18H,2-3,8,11H2,1H3. The van der Waals surface area contributed by atoms with Crippen molar-refractivity contribution in [3.63, 3.8) is 0 Å². The van der Waals surface area contributed by atoms with Crippen LogP contribution in [-0.2, 0) is 0 Å². The van der Waals surface area contributed by atoms with Crippen molar-refractivity contribution in [2.24, 2.45) is 0 Å². The number of rotatable bonds is 2. The van der Waals surface area contributed by atoms with Crippen molar-refractivity contribution < 1.29 is 0 Å². The summed E-state index contributed by atoms with van der Waals surface area (Å²) >= 11 is 3.52. The van der Waals surface area contributed by atoms with E-state index in [0.717, 1.165) is 11.0 Å². The quantitative estimate of drug-likeness (QED) is 0.896. The number of halogens is 1. The van der Waals surface area contributed by atoms with Gasteiger partial charge in [-0.15, -0.1) is 0 Å². The van der Waals surface area contributed by atoms with Crippen LogP contribution in [-0.4, -0.2) is 31.1 Å². The molecule has 0 bridgehead atoms. The Morgan fingerprint density at radius 2 is 1.95 bits per heavy atom. The molecule has 1 unspecified atom stereocenters. The predicted octanol–water partition coefficient (Wildman–Crippen LogP) is 4.11. The molecular formula is C16H19BrN2. The van der Waals surface area contributed by atoms with Gasteiger partial charge in [0.25, 0.3) is 0 Å². The molecule has 1 heterocycles. The summed E-state index contributed by atoms with van der Waals surface area (Å²) in [5.41, 5.74) is 1.23. The van der Waals surface area contributed by atoms with Gasteiger partial charge in [-0.05, 0) is 61.5 Å². The Labute approximate surface area is 122 Å². The number of likely N-dealkylation sites (tertiary alicyclic amines) is 1. The third-order valence-electron chi connectivity index (χ3n) is 3.80. The Morgan fingerprint density at radius 3 is 2.79 bits per heavy atom. The van der Waals surface area contributed by atoms with E-state index in [1.54, 1.807) is 0 Å².